The van der Waals surface area contributed by atoms with E-state index >= 15 is 0 Å². The molecule has 2 rings (SSSR count). The lowest BCUT2D eigenvalue weighted by atomic mass is 10.1. The van der Waals surface area contributed by atoms with Crippen LogP contribution in [0.1, 0.15) is 12.5 Å². The number of hydrogen-bond donors (Lipinski definition) is 3. The first-order valence-electron chi connectivity index (χ1n) is 7.09. The summed E-state index contributed by atoms with van der Waals surface area (Å²) in [5.74, 6) is -0.393. The Morgan fingerprint density at radius 1 is 1.24 bits per heavy atom. The van der Waals surface area contributed by atoms with Gasteiger partial charge in [-0.3, -0.25) is 14.9 Å². The molecule has 1 amide bonds. The molecule has 0 saturated carbocycles. The van der Waals surface area contributed by atoms with E-state index in [1.807, 2.05) is 0 Å². The Balaban J connectivity index is 1.91. The molecule has 0 atom stereocenters. The Morgan fingerprint density at radius 2 is 1.92 bits per heavy atom. The van der Waals surface area contributed by atoms with Crippen LogP contribution in [-0.2, 0) is 4.79 Å². The van der Waals surface area contributed by atoms with E-state index < -0.39 is 10.8 Å². The molecule has 0 fully saturated rings. The lowest BCUT2D eigenvalue weighted by molar-refractivity contribution is -0.384. The largest absolute Gasteiger partial charge is 0.508 e. The van der Waals surface area contributed by atoms with Crippen molar-refractivity contribution in [2.45, 2.75) is 6.92 Å². The number of benzene rings is 2. The highest BCUT2D eigenvalue weighted by Gasteiger charge is 2.08. The van der Waals surface area contributed by atoms with Crippen LogP contribution < -0.4 is 10.2 Å². The molecule has 0 aliphatic rings. The number of nitrogens with zero attached hydrogens (tertiary/aromatic N) is 2. The fourth-order valence-corrected chi connectivity index (χ4v) is 1.87. The zero-order chi connectivity index (χ0) is 18.4. The smallest absolute Gasteiger partial charge is 0.277 e. The molecule has 0 aliphatic heterocycles. The average Bonchev–Trinajstić information content (AvgIpc) is 2.60. The summed E-state index contributed by atoms with van der Waals surface area (Å²) >= 11 is 0. The highest BCUT2D eigenvalue weighted by molar-refractivity contribution is 6.01. The van der Waals surface area contributed by atoms with Crippen LogP contribution in [0.25, 0.3) is 0 Å². The van der Waals surface area contributed by atoms with Crippen molar-refractivity contribution in [3.05, 3.63) is 58.1 Å². The first-order valence-corrected chi connectivity index (χ1v) is 7.09. The number of nitro groups is 1. The zero-order valence-electron chi connectivity index (χ0n) is 13.2. The zero-order valence-corrected chi connectivity index (χ0v) is 13.2. The van der Waals surface area contributed by atoms with E-state index in [9.17, 15) is 25.1 Å². The van der Waals surface area contributed by atoms with Crippen molar-refractivity contribution in [1.29, 1.82) is 0 Å². The molecule has 0 saturated heterocycles. The molecule has 2 aromatic rings. The van der Waals surface area contributed by atoms with Crippen LogP contribution in [0.4, 0.5) is 5.69 Å². The number of carbonyl (C=O) groups excluding carboxylic acids is 1. The summed E-state index contributed by atoms with van der Waals surface area (Å²) in [6, 6.07) is 9.23. The molecule has 130 valence electrons. The molecule has 2 aromatic carbocycles. The second-order valence-electron chi connectivity index (χ2n) is 4.97. The molecule has 25 heavy (non-hydrogen) atoms. The fourth-order valence-electron chi connectivity index (χ4n) is 1.87. The van der Waals surface area contributed by atoms with Gasteiger partial charge >= 0.3 is 0 Å². The van der Waals surface area contributed by atoms with Crippen molar-refractivity contribution in [3.8, 4) is 17.2 Å². The monoisotopic (exact) mass is 345 g/mol. The van der Waals surface area contributed by atoms with Gasteiger partial charge in [-0.25, -0.2) is 5.43 Å². The minimum absolute atomic E-state index is 0.0461. The average molecular weight is 345 g/mol. The van der Waals surface area contributed by atoms with Crippen LogP contribution in [0, 0.1) is 10.1 Å². The number of hydrogen-bond acceptors (Lipinski definition) is 7. The Labute approximate surface area is 142 Å². The molecular formula is C16H15N3O6. The lowest BCUT2D eigenvalue weighted by Gasteiger charge is -2.07. The van der Waals surface area contributed by atoms with E-state index in [0.29, 0.717) is 5.75 Å². The number of non-ortho nitro benzene ring substituents is 1. The normalized spacial score (nSPS) is 11.0. The van der Waals surface area contributed by atoms with Crippen molar-refractivity contribution in [2.75, 3.05) is 6.61 Å². The Hall–Kier alpha value is -3.62. The molecule has 0 radical (unpaired) electrons. The third-order valence-electron chi connectivity index (χ3n) is 3.14. The van der Waals surface area contributed by atoms with Gasteiger partial charge in [0, 0.05) is 17.7 Å². The van der Waals surface area contributed by atoms with Gasteiger partial charge in [0.25, 0.3) is 11.6 Å². The number of carbonyl (C=O) groups is 1. The minimum atomic E-state index is -0.558. The van der Waals surface area contributed by atoms with Crippen LogP contribution in [-0.4, -0.2) is 33.4 Å². The number of phenolic OH excluding ortho intramolecular Hbond substituents is 2. The van der Waals surface area contributed by atoms with Gasteiger partial charge < -0.3 is 14.9 Å². The van der Waals surface area contributed by atoms with Gasteiger partial charge in [0.1, 0.15) is 17.2 Å². The van der Waals surface area contributed by atoms with Crippen LogP contribution in [0.15, 0.2) is 47.6 Å². The standard InChI is InChI=1S/C16H15N3O6/c1-10(14-8-12(20)4-7-15(14)21)17-18-16(22)9-25-13-5-2-11(3-6-13)19(23)24/h2-8,20-21H,9H2,1H3,(H,18,22)/b17-10-. The number of ether oxygens (including phenoxy) is 1. The summed E-state index contributed by atoms with van der Waals surface area (Å²) in [7, 11) is 0. The summed E-state index contributed by atoms with van der Waals surface area (Å²) in [5.41, 5.74) is 2.73. The van der Waals surface area contributed by atoms with E-state index in [2.05, 4.69) is 10.5 Å². The first-order chi connectivity index (χ1) is 11.9. The van der Waals surface area contributed by atoms with Gasteiger partial charge in [0.2, 0.25) is 0 Å². The van der Waals surface area contributed by atoms with Crippen molar-refractivity contribution in [2.24, 2.45) is 5.10 Å². The van der Waals surface area contributed by atoms with Gasteiger partial charge in [-0.1, -0.05) is 0 Å². The molecule has 0 heterocycles. The van der Waals surface area contributed by atoms with Crippen LogP contribution in [0.2, 0.25) is 0 Å². The number of nitro benzene ring substituents is 1. The molecule has 0 bridgehead atoms. The Kier molecular flexibility index (Phi) is 5.51. The van der Waals surface area contributed by atoms with Crippen molar-refractivity contribution in [3.63, 3.8) is 0 Å². The van der Waals surface area contributed by atoms with Gasteiger partial charge in [-0.15, -0.1) is 0 Å². The summed E-state index contributed by atoms with van der Waals surface area (Å²) in [5, 5.41) is 33.5. The van der Waals surface area contributed by atoms with Crippen LogP contribution in [0.5, 0.6) is 17.2 Å². The van der Waals surface area contributed by atoms with Crippen molar-refractivity contribution in [1.82, 2.24) is 5.43 Å². The Bertz CT molecular complexity index is 817. The number of hydrazone groups is 1. The third kappa shape index (κ3) is 4.93. The first kappa shape index (κ1) is 17.7. The summed E-state index contributed by atoms with van der Waals surface area (Å²) in [6.45, 7) is 1.20. The third-order valence-corrected chi connectivity index (χ3v) is 3.14. The predicted molar refractivity (Wildman–Crippen MR) is 88.7 cm³/mol. The molecule has 3 N–H and O–H groups in total. The van der Waals surface area contributed by atoms with E-state index in [0.717, 1.165) is 0 Å². The van der Waals surface area contributed by atoms with E-state index in [4.69, 9.17) is 4.74 Å². The summed E-state index contributed by atoms with van der Waals surface area (Å²) < 4.78 is 5.19. The highest BCUT2D eigenvalue weighted by Crippen LogP contribution is 2.22. The molecular weight excluding hydrogens is 330 g/mol. The van der Waals surface area contributed by atoms with E-state index in [-0.39, 0.29) is 35.1 Å². The molecule has 0 spiro atoms. The highest BCUT2D eigenvalue weighted by atomic mass is 16.6. The topological polar surface area (TPSA) is 134 Å². The van der Waals surface area contributed by atoms with Gasteiger partial charge in [0.15, 0.2) is 6.61 Å². The van der Waals surface area contributed by atoms with Gasteiger partial charge in [0.05, 0.1) is 10.6 Å². The molecule has 0 unspecified atom stereocenters. The summed E-state index contributed by atoms with van der Waals surface area (Å²) in [4.78, 5) is 21.7. The quantitative estimate of drug-likeness (QED) is 0.317. The number of aromatic hydroxyl groups is 2. The molecule has 9 heteroatoms. The van der Waals surface area contributed by atoms with Crippen LogP contribution in [0.3, 0.4) is 0 Å². The van der Waals surface area contributed by atoms with E-state index in [1.165, 1.54) is 42.5 Å². The predicted octanol–water partition coefficient (Wildman–Crippen LogP) is 1.93. The second-order valence-corrected chi connectivity index (χ2v) is 4.97. The van der Waals surface area contributed by atoms with Gasteiger partial charge in [-0.05, 0) is 37.3 Å². The SMILES string of the molecule is C/C(=N/NC(=O)COc1ccc([N+](=O)[O-])cc1)c1cc(O)ccc1O. The van der Waals surface area contributed by atoms with Gasteiger partial charge in [-0.2, -0.15) is 5.10 Å². The summed E-state index contributed by atoms with van der Waals surface area (Å²) in [6.07, 6.45) is 0. The Morgan fingerprint density at radius 3 is 2.56 bits per heavy atom. The maximum atomic E-state index is 11.7. The lowest BCUT2D eigenvalue weighted by Crippen LogP contribution is -2.25. The number of rotatable bonds is 6. The van der Waals surface area contributed by atoms with Crippen LogP contribution >= 0.6 is 0 Å². The number of nitrogens with one attached hydrogen (secondary N) is 1. The molecule has 0 aliphatic carbocycles. The number of amides is 1. The van der Waals surface area contributed by atoms with E-state index in [1.54, 1.807) is 6.92 Å². The van der Waals surface area contributed by atoms with Crippen molar-refractivity contribution >= 4 is 17.3 Å². The second kappa shape index (κ2) is 7.77. The molecule has 0 aromatic heterocycles. The van der Waals surface area contributed by atoms with Crippen molar-refractivity contribution < 1.29 is 24.7 Å². The number of phenols is 2. The molecule has 9 nitrogen and oxygen atoms in total. The maximum absolute atomic E-state index is 11.7. The fraction of sp³-hybridized carbons (Fsp3) is 0.125. The maximum Gasteiger partial charge on any atom is 0.277 e. The minimum Gasteiger partial charge on any atom is -0.508 e.